The van der Waals surface area contributed by atoms with E-state index in [0.29, 0.717) is 29.9 Å². The molecule has 0 atom stereocenters. The number of pyridine rings is 1. The van der Waals surface area contributed by atoms with E-state index in [1.54, 1.807) is 12.1 Å². The fourth-order valence-corrected chi connectivity index (χ4v) is 2.41. The van der Waals surface area contributed by atoms with Crippen molar-refractivity contribution < 1.29 is 27.4 Å². The van der Waals surface area contributed by atoms with Gasteiger partial charge in [0.05, 0.1) is 5.56 Å². The molecule has 0 unspecified atom stereocenters. The lowest BCUT2D eigenvalue weighted by atomic mass is 10.0. The smallest absolute Gasteiger partial charge is 0.473 e. The van der Waals surface area contributed by atoms with E-state index in [1.165, 1.54) is 18.3 Å². The van der Waals surface area contributed by atoms with Gasteiger partial charge in [0, 0.05) is 17.8 Å². The number of carbonyl (C=O) groups is 1. The molecule has 0 saturated heterocycles. The van der Waals surface area contributed by atoms with Crippen LogP contribution in [0, 0.1) is 0 Å². The van der Waals surface area contributed by atoms with Crippen molar-refractivity contribution in [2.45, 2.75) is 13.0 Å². The van der Waals surface area contributed by atoms with Crippen LogP contribution in [-0.4, -0.2) is 17.6 Å². The molecule has 3 rings (SSSR count). The number of ether oxygens (including phenoxy) is 2. The molecule has 0 N–H and O–H groups in total. The van der Waals surface area contributed by atoms with Gasteiger partial charge in [0.2, 0.25) is 5.88 Å². The number of hydrogen-bond donors (Lipinski definition) is 0. The Kier molecular flexibility index (Phi) is 5.40. The Labute approximate surface area is 153 Å². The lowest BCUT2D eigenvalue weighted by Gasteiger charge is -2.12. The van der Waals surface area contributed by atoms with Crippen LogP contribution >= 0.6 is 0 Å². The molecule has 0 saturated carbocycles. The van der Waals surface area contributed by atoms with Crippen molar-refractivity contribution in [2.24, 2.45) is 0 Å². The molecule has 0 aliphatic carbocycles. The van der Waals surface area contributed by atoms with E-state index in [-0.39, 0.29) is 5.56 Å². The summed E-state index contributed by atoms with van der Waals surface area (Å²) in [5.74, 6) is -0.132. The molecule has 0 aliphatic heterocycles. The normalized spacial score (nSPS) is 11.1. The minimum Gasteiger partial charge on any atom is -0.473 e. The molecule has 1 aromatic heterocycles. The van der Waals surface area contributed by atoms with Crippen LogP contribution in [0.4, 0.5) is 13.2 Å². The second-order valence-electron chi connectivity index (χ2n) is 5.58. The van der Waals surface area contributed by atoms with Gasteiger partial charge in [-0.2, -0.15) is 0 Å². The third-order valence-electron chi connectivity index (χ3n) is 3.66. The molecule has 0 aliphatic rings. The second-order valence-corrected chi connectivity index (χ2v) is 5.58. The zero-order valence-corrected chi connectivity index (χ0v) is 13.9. The first-order valence-corrected chi connectivity index (χ1v) is 7.93. The first kappa shape index (κ1) is 18.4. The number of halogens is 3. The van der Waals surface area contributed by atoms with Gasteiger partial charge in [-0.25, -0.2) is 4.98 Å². The monoisotopic (exact) mass is 373 g/mol. The first-order chi connectivity index (χ1) is 12.9. The maximum atomic E-state index is 12.4. The van der Waals surface area contributed by atoms with Gasteiger partial charge >= 0.3 is 6.36 Å². The number of nitrogens with zero attached hydrogens (tertiary/aromatic N) is 1. The van der Waals surface area contributed by atoms with E-state index in [9.17, 15) is 18.0 Å². The molecule has 0 radical (unpaired) electrons. The molecule has 1 heterocycles. The Bertz CT molecular complexity index is 910. The highest BCUT2D eigenvalue weighted by molar-refractivity contribution is 5.83. The highest BCUT2D eigenvalue weighted by Crippen LogP contribution is 2.30. The van der Waals surface area contributed by atoms with Gasteiger partial charge < -0.3 is 9.47 Å². The van der Waals surface area contributed by atoms with E-state index < -0.39 is 12.1 Å². The van der Waals surface area contributed by atoms with E-state index >= 15 is 0 Å². The standard InChI is InChI=1S/C20H14F3NO3/c21-20(22,23)27-18-8-6-15(10-17(18)12-25)16-7-9-19(24-11-16)26-13-14-4-2-1-3-5-14/h1-12H,13H2. The van der Waals surface area contributed by atoms with Crippen LogP contribution in [-0.2, 0) is 6.61 Å². The van der Waals surface area contributed by atoms with Crippen LogP contribution in [0.5, 0.6) is 11.6 Å². The van der Waals surface area contributed by atoms with Gasteiger partial charge in [-0.3, -0.25) is 4.79 Å². The Morgan fingerprint density at radius 1 is 0.963 bits per heavy atom. The number of aldehydes is 1. The van der Waals surface area contributed by atoms with Crippen LogP contribution in [0.15, 0.2) is 66.9 Å². The third kappa shape index (κ3) is 5.07. The molecule has 0 fully saturated rings. The van der Waals surface area contributed by atoms with Crippen LogP contribution in [0.1, 0.15) is 15.9 Å². The van der Waals surface area contributed by atoms with Gasteiger partial charge in [0.15, 0.2) is 6.29 Å². The Morgan fingerprint density at radius 3 is 2.33 bits per heavy atom. The summed E-state index contributed by atoms with van der Waals surface area (Å²) in [7, 11) is 0. The highest BCUT2D eigenvalue weighted by atomic mass is 19.4. The van der Waals surface area contributed by atoms with Crippen molar-refractivity contribution in [2.75, 3.05) is 0 Å². The van der Waals surface area contributed by atoms with Crippen LogP contribution in [0.25, 0.3) is 11.1 Å². The molecule has 0 amide bonds. The van der Waals surface area contributed by atoms with Gasteiger partial charge in [0.25, 0.3) is 0 Å². The highest BCUT2D eigenvalue weighted by Gasteiger charge is 2.32. The average molecular weight is 373 g/mol. The number of rotatable bonds is 6. The quantitative estimate of drug-likeness (QED) is 0.568. The maximum Gasteiger partial charge on any atom is 0.573 e. The molecule has 0 bridgehead atoms. The Balaban J connectivity index is 1.73. The molecule has 138 valence electrons. The van der Waals surface area contributed by atoms with Crippen LogP contribution in [0.2, 0.25) is 0 Å². The summed E-state index contributed by atoms with van der Waals surface area (Å²) in [5.41, 5.74) is 1.96. The lowest BCUT2D eigenvalue weighted by molar-refractivity contribution is -0.274. The van der Waals surface area contributed by atoms with Crippen molar-refractivity contribution in [3.8, 4) is 22.8 Å². The lowest BCUT2D eigenvalue weighted by Crippen LogP contribution is -2.18. The summed E-state index contributed by atoms with van der Waals surface area (Å²) < 4.78 is 46.5. The van der Waals surface area contributed by atoms with Crippen molar-refractivity contribution in [1.29, 1.82) is 0 Å². The largest absolute Gasteiger partial charge is 0.573 e. The van der Waals surface area contributed by atoms with Crippen molar-refractivity contribution >= 4 is 6.29 Å². The van der Waals surface area contributed by atoms with E-state index in [0.717, 1.165) is 11.6 Å². The van der Waals surface area contributed by atoms with Gasteiger partial charge in [-0.05, 0) is 29.3 Å². The van der Waals surface area contributed by atoms with Crippen molar-refractivity contribution in [1.82, 2.24) is 4.98 Å². The molecular weight excluding hydrogens is 359 g/mol. The van der Waals surface area contributed by atoms with Gasteiger partial charge in [-0.1, -0.05) is 36.4 Å². The molecule has 3 aromatic rings. The van der Waals surface area contributed by atoms with Gasteiger partial charge in [0.1, 0.15) is 12.4 Å². The number of alkyl halides is 3. The summed E-state index contributed by atoms with van der Waals surface area (Å²) in [6, 6.07) is 16.8. The molecule has 2 aromatic carbocycles. The van der Waals surface area contributed by atoms with Gasteiger partial charge in [-0.15, -0.1) is 13.2 Å². The first-order valence-electron chi connectivity index (χ1n) is 7.93. The Hall–Kier alpha value is -3.35. The summed E-state index contributed by atoms with van der Waals surface area (Å²) >= 11 is 0. The SMILES string of the molecule is O=Cc1cc(-c2ccc(OCc3ccccc3)nc2)ccc1OC(F)(F)F. The maximum absolute atomic E-state index is 12.4. The number of carbonyl (C=O) groups excluding carboxylic acids is 1. The molecule has 7 heteroatoms. The molecular formula is C20H14F3NO3. The predicted octanol–water partition coefficient (Wildman–Crippen LogP) is 5.04. The van der Waals surface area contributed by atoms with Crippen molar-refractivity contribution in [3.63, 3.8) is 0 Å². The molecule has 4 nitrogen and oxygen atoms in total. The minimum atomic E-state index is -4.86. The average Bonchev–Trinajstić information content (AvgIpc) is 2.67. The zero-order valence-electron chi connectivity index (χ0n) is 13.9. The minimum absolute atomic E-state index is 0.200. The molecule has 0 spiro atoms. The third-order valence-corrected chi connectivity index (χ3v) is 3.66. The number of aromatic nitrogens is 1. The fraction of sp³-hybridized carbons (Fsp3) is 0.100. The fourth-order valence-electron chi connectivity index (χ4n) is 2.41. The van der Waals surface area contributed by atoms with Crippen LogP contribution in [0.3, 0.4) is 0 Å². The topological polar surface area (TPSA) is 48.4 Å². The Morgan fingerprint density at radius 2 is 1.70 bits per heavy atom. The summed E-state index contributed by atoms with van der Waals surface area (Å²) in [6.45, 7) is 0.367. The zero-order chi connectivity index (χ0) is 19.3. The summed E-state index contributed by atoms with van der Waals surface area (Å²) in [6.07, 6.45) is -3.03. The summed E-state index contributed by atoms with van der Waals surface area (Å²) in [5, 5.41) is 0. The van der Waals surface area contributed by atoms with E-state index in [2.05, 4.69) is 9.72 Å². The number of benzene rings is 2. The second kappa shape index (κ2) is 7.90. The van der Waals surface area contributed by atoms with Crippen molar-refractivity contribution in [3.05, 3.63) is 78.0 Å². The van der Waals surface area contributed by atoms with E-state index in [1.807, 2.05) is 30.3 Å². The van der Waals surface area contributed by atoms with E-state index in [4.69, 9.17) is 4.74 Å². The predicted molar refractivity (Wildman–Crippen MR) is 92.5 cm³/mol. The molecule has 27 heavy (non-hydrogen) atoms. The number of hydrogen-bond acceptors (Lipinski definition) is 4. The van der Waals surface area contributed by atoms with Crippen LogP contribution < -0.4 is 9.47 Å². The summed E-state index contributed by atoms with van der Waals surface area (Å²) in [4.78, 5) is 15.3.